The van der Waals surface area contributed by atoms with Gasteiger partial charge in [-0.05, 0) is 5.92 Å². The van der Waals surface area contributed by atoms with Gasteiger partial charge in [-0.1, -0.05) is 34.6 Å². The average molecular weight is 207 g/mol. The van der Waals surface area contributed by atoms with Crippen LogP contribution in [0.1, 0.15) is 34.6 Å². The van der Waals surface area contributed by atoms with Crippen molar-refractivity contribution in [1.29, 1.82) is 0 Å². The van der Waals surface area contributed by atoms with E-state index in [4.69, 9.17) is 11.6 Å². The molecule has 0 aromatic carbocycles. The Morgan fingerprint density at radius 1 is 1.31 bits per heavy atom. The van der Waals surface area contributed by atoms with E-state index in [-0.39, 0.29) is 11.7 Å². The molecule has 0 aliphatic rings. The molecule has 2 nitrogen and oxygen atoms in total. The number of carbonyl (C=O) groups is 1. The Hall–Kier alpha value is -0.0800. The normalized spacial score (nSPS) is 17.2. The smallest absolute Gasteiger partial charge is 0.158 e. The van der Waals surface area contributed by atoms with Gasteiger partial charge in [0.2, 0.25) is 0 Å². The third-order valence-electron chi connectivity index (χ3n) is 1.97. The van der Waals surface area contributed by atoms with Crippen molar-refractivity contribution in [3.05, 3.63) is 0 Å². The molecule has 0 rings (SSSR count). The summed E-state index contributed by atoms with van der Waals surface area (Å²) < 4.78 is 0. The number of alkyl halides is 1. The molecule has 0 saturated carbocycles. The molecule has 0 aromatic heterocycles. The van der Waals surface area contributed by atoms with Crippen molar-refractivity contribution >= 4 is 17.4 Å². The highest BCUT2D eigenvalue weighted by atomic mass is 35.5. The second-order valence-corrected chi connectivity index (χ2v) is 5.22. The minimum Gasteiger partial charge on any atom is -0.391 e. The van der Waals surface area contributed by atoms with Crippen LogP contribution in [-0.4, -0.2) is 22.4 Å². The van der Waals surface area contributed by atoms with Gasteiger partial charge in [0.15, 0.2) is 5.78 Å². The topological polar surface area (TPSA) is 37.3 Å². The molecule has 13 heavy (non-hydrogen) atoms. The van der Waals surface area contributed by atoms with Gasteiger partial charge in [0.25, 0.3) is 0 Å². The summed E-state index contributed by atoms with van der Waals surface area (Å²) in [7, 11) is 0. The van der Waals surface area contributed by atoms with Crippen LogP contribution in [0, 0.1) is 11.3 Å². The zero-order valence-corrected chi connectivity index (χ0v) is 9.72. The van der Waals surface area contributed by atoms with Gasteiger partial charge in [-0.2, -0.15) is 0 Å². The zero-order chi connectivity index (χ0) is 10.8. The summed E-state index contributed by atoms with van der Waals surface area (Å²) in [6, 6.07) is 0. The highest BCUT2D eigenvalue weighted by molar-refractivity contribution is 6.32. The molecule has 0 aliphatic carbocycles. The lowest BCUT2D eigenvalue weighted by Crippen LogP contribution is -2.39. The van der Waals surface area contributed by atoms with Crippen molar-refractivity contribution in [2.75, 3.05) is 0 Å². The van der Waals surface area contributed by atoms with Crippen LogP contribution in [0.5, 0.6) is 0 Å². The molecule has 0 aliphatic heterocycles. The van der Waals surface area contributed by atoms with Gasteiger partial charge in [0.1, 0.15) is 5.38 Å². The average Bonchev–Trinajstić information content (AvgIpc) is 1.98. The van der Waals surface area contributed by atoms with E-state index in [1.807, 2.05) is 13.8 Å². The monoisotopic (exact) mass is 206 g/mol. The van der Waals surface area contributed by atoms with Crippen LogP contribution in [-0.2, 0) is 4.79 Å². The van der Waals surface area contributed by atoms with Crippen LogP contribution >= 0.6 is 11.6 Å². The summed E-state index contributed by atoms with van der Waals surface area (Å²) in [6.45, 7) is 9.10. The Labute approximate surface area is 85.3 Å². The maximum absolute atomic E-state index is 11.6. The first-order valence-corrected chi connectivity index (χ1v) is 4.98. The highest BCUT2D eigenvalue weighted by Gasteiger charge is 2.33. The van der Waals surface area contributed by atoms with E-state index in [0.717, 1.165) is 0 Å². The first-order valence-electron chi connectivity index (χ1n) is 4.54. The number of carbonyl (C=O) groups excluding carboxylic acids is 1. The van der Waals surface area contributed by atoms with Crippen molar-refractivity contribution in [2.24, 2.45) is 11.3 Å². The van der Waals surface area contributed by atoms with Crippen molar-refractivity contribution in [3.63, 3.8) is 0 Å². The second-order valence-electron chi connectivity index (χ2n) is 4.75. The van der Waals surface area contributed by atoms with Crippen molar-refractivity contribution in [3.8, 4) is 0 Å². The number of Topliss-reactive ketones (excluding diaryl/α,β-unsaturated/α-hetero) is 1. The summed E-state index contributed by atoms with van der Waals surface area (Å²) in [6.07, 6.45) is -0.756. The third-order valence-corrected chi connectivity index (χ3v) is 2.43. The fourth-order valence-electron chi connectivity index (χ4n) is 0.907. The Morgan fingerprint density at radius 2 is 1.69 bits per heavy atom. The van der Waals surface area contributed by atoms with Crippen LogP contribution in [0.3, 0.4) is 0 Å². The Balaban J connectivity index is 4.44. The summed E-state index contributed by atoms with van der Waals surface area (Å²) in [4.78, 5) is 11.6. The maximum Gasteiger partial charge on any atom is 0.158 e. The molecule has 78 valence electrons. The lowest BCUT2D eigenvalue weighted by atomic mass is 9.85. The number of aliphatic hydroxyl groups excluding tert-OH is 1. The zero-order valence-electron chi connectivity index (χ0n) is 8.97. The van der Waals surface area contributed by atoms with Crippen LogP contribution < -0.4 is 0 Å². The molecule has 0 saturated heterocycles. The van der Waals surface area contributed by atoms with E-state index in [9.17, 15) is 9.90 Å². The minimum absolute atomic E-state index is 0.00815. The molecule has 0 fully saturated rings. The van der Waals surface area contributed by atoms with E-state index < -0.39 is 16.9 Å². The number of aliphatic hydroxyl groups is 1. The SMILES string of the molecule is CC(C)[C@@H](O)[C@@H](Cl)C(=O)C(C)(C)C. The first kappa shape index (κ1) is 12.9. The maximum atomic E-state index is 11.6. The third kappa shape index (κ3) is 3.65. The second kappa shape index (κ2) is 4.43. The standard InChI is InChI=1S/C10H19ClO2/c1-6(2)8(12)7(11)9(13)10(3,4)5/h6-8,12H,1-5H3/t7-,8-/m1/s1. The van der Waals surface area contributed by atoms with Crippen LogP contribution in [0.15, 0.2) is 0 Å². The molecule has 0 aromatic rings. The van der Waals surface area contributed by atoms with Crippen molar-refractivity contribution < 1.29 is 9.90 Å². The van der Waals surface area contributed by atoms with E-state index in [1.165, 1.54) is 0 Å². The Kier molecular flexibility index (Phi) is 4.40. The quantitative estimate of drug-likeness (QED) is 0.720. The van der Waals surface area contributed by atoms with Gasteiger partial charge in [0, 0.05) is 5.41 Å². The highest BCUT2D eigenvalue weighted by Crippen LogP contribution is 2.23. The van der Waals surface area contributed by atoms with Crippen LogP contribution in [0.4, 0.5) is 0 Å². The largest absolute Gasteiger partial charge is 0.391 e. The van der Waals surface area contributed by atoms with Gasteiger partial charge in [0.05, 0.1) is 6.10 Å². The number of ketones is 1. The van der Waals surface area contributed by atoms with E-state index >= 15 is 0 Å². The number of hydrogen-bond donors (Lipinski definition) is 1. The summed E-state index contributed by atoms with van der Waals surface area (Å²) in [5.41, 5.74) is -0.484. The Morgan fingerprint density at radius 3 is 1.92 bits per heavy atom. The van der Waals surface area contributed by atoms with Crippen molar-refractivity contribution in [1.82, 2.24) is 0 Å². The van der Waals surface area contributed by atoms with Crippen LogP contribution in [0.25, 0.3) is 0 Å². The number of hydrogen-bond acceptors (Lipinski definition) is 2. The first-order chi connectivity index (χ1) is 5.68. The molecule has 2 atom stereocenters. The number of halogens is 1. The molecule has 0 unspecified atom stereocenters. The molecule has 0 heterocycles. The predicted octanol–water partition coefficient (Wildman–Crippen LogP) is 2.23. The minimum atomic E-state index is -0.792. The summed E-state index contributed by atoms with van der Waals surface area (Å²) in [5, 5.41) is 8.78. The van der Waals surface area contributed by atoms with Gasteiger partial charge in [-0.25, -0.2) is 0 Å². The molecule has 1 N–H and O–H groups in total. The fourth-order valence-corrected chi connectivity index (χ4v) is 1.52. The van der Waals surface area contributed by atoms with Crippen LogP contribution in [0.2, 0.25) is 0 Å². The summed E-state index contributed by atoms with van der Waals surface area (Å²) in [5.74, 6) is -0.0934. The van der Waals surface area contributed by atoms with Gasteiger partial charge < -0.3 is 5.11 Å². The molecular formula is C10H19ClO2. The molecule has 0 spiro atoms. The van der Waals surface area contributed by atoms with Gasteiger partial charge in [-0.15, -0.1) is 11.6 Å². The lowest BCUT2D eigenvalue weighted by Gasteiger charge is -2.25. The van der Waals surface area contributed by atoms with E-state index in [1.54, 1.807) is 20.8 Å². The summed E-state index contributed by atoms with van der Waals surface area (Å²) >= 11 is 5.86. The lowest BCUT2D eigenvalue weighted by molar-refractivity contribution is -0.128. The molecule has 3 heteroatoms. The molecule has 0 bridgehead atoms. The van der Waals surface area contributed by atoms with Gasteiger partial charge >= 0.3 is 0 Å². The number of rotatable bonds is 3. The molecule has 0 radical (unpaired) electrons. The van der Waals surface area contributed by atoms with E-state index in [2.05, 4.69) is 0 Å². The van der Waals surface area contributed by atoms with E-state index in [0.29, 0.717) is 0 Å². The Bertz CT molecular complexity index is 182. The molecule has 0 amide bonds. The van der Waals surface area contributed by atoms with Crippen molar-refractivity contribution in [2.45, 2.75) is 46.1 Å². The predicted molar refractivity (Wildman–Crippen MR) is 54.9 cm³/mol. The molecular weight excluding hydrogens is 188 g/mol. The van der Waals surface area contributed by atoms with Gasteiger partial charge in [-0.3, -0.25) is 4.79 Å². The fraction of sp³-hybridized carbons (Fsp3) is 0.900.